The van der Waals surface area contributed by atoms with Gasteiger partial charge in [-0.05, 0) is 42.7 Å². The molecule has 146 valence electrons. The van der Waals surface area contributed by atoms with Crippen molar-refractivity contribution in [2.45, 2.75) is 36.2 Å². The lowest BCUT2D eigenvalue weighted by molar-refractivity contribution is -0.116. The monoisotopic (exact) mass is 407 g/mol. The maximum absolute atomic E-state index is 13.5. The molecular formula is C21H18FN5OS. The van der Waals surface area contributed by atoms with Crippen LogP contribution in [0.2, 0.25) is 0 Å². The fourth-order valence-corrected chi connectivity index (χ4v) is 4.52. The number of hydrogen-bond donors (Lipinski definition) is 1. The predicted octanol–water partition coefficient (Wildman–Crippen LogP) is 4.13. The van der Waals surface area contributed by atoms with Gasteiger partial charge in [0.1, 0.15) is 11.9 Å². The number of pyridine rings is 1. The zero-order valence-electron chi connectivity index (χ0n) is 15.5. The van der Waals surface area contributed by atoms with E-state index < -0.39 is 6.04 Å². The van der Waals surface area contributed by atoms with Gasteiger partial charge in [-0.1, -0.05) is 30.0 Å². The summed E-state index contributed by atoms with van der Waals surface area (Å²) in [4.78, 5) is 21.7. The number of hydrogen-bond acceptors (Lipinski definition) is 6. The van der Waals surface area contributed by atoms with Gasteiger partial charge < -0.3 is 5.32 Å². The van der Waals surface area contributed by atoms with Gasteiger partial charge in [-0.25, -0.2) is 9.07 Å². The number of carbonyl (C=O) groups is 1. The van der Waals surface area contributed by atoms with Gasteiger partial charge >= 0.3 is 0 Å². The Balaban J connectivity index is 1.52. The highest BCUT2D eigenvalue weighted by Crippen LogP contribution is 2.40. The van der Waals surface area contributed by atoms with E-state index in [2.05, 4.69) is 20.4 Å². The van der Waals surface area contributed by atoms with Gasteiger partial charge in [0.2, 0.25) is 11.1 Å². The van der Waals surface area contributed by atoms with Crippen molar-refractivity contribution in [1.29, 1.82) is 0 Å². The first-order valence-corrected chi connectivity index (χ1v) is 10.5. The average Bonchev–Trinajstić information content (AvgIpc) is 3.15. The predicted molar refractivity (Wildman–Crippen MR) is 108 cm³/mol. The summed E-state index contributed by atoms with van der Waals surface area (Å²) >= 11 is 1.49. The standard InChI is InChI=1S/C21H18FN5OS/c22-14-9-7-13(8-10-14)19-18-16(5-3-6-17(18)28)24-20-25-21(26-27(19)20)29-12-15-4-1-2-11-23-15/h1-2,4,7-11,19H,3,5-6,12H2,(H,24,25,26)/t19-/m0/s1. The largest absolute Gasteiger partial charge is 0.328 e. The zero-order valence-corrected chi connectivity index (χ0v) is 16.3. The molecule has 2 aliphatic rings. The van der Waals surface area contributed by atoms with Crippen LogP contribution in [0.25, 0.3) is 0 Å². The Morgan fingerprint density at radius 2 is 2.03 bits per heavy atom. The Hall–Kier alpha value is -3.00. The van der Waals surface area contributed by atoms with Crippen molar-refractivity contribution in [3.8, 4) is 0 Å². The number of anilines is 1. The van der Waals surface area contributed by atoms with Gasteiger partial charge in [0, 0.05) is 29.6 Å². The summed E-state index contributed by atoms with van der Waals surface area (Å²) in [5.41, 5.74) is 3.38. The molecule has 0 saturated carbocycles. The summed E-state index contributed by atoms with van der Waals surface area (Å²) in [7, 11) is 0. The summed E-state index contributed by atoms with van der Waals surface area (Å²) in [5.74, 6) is 1.06. The molecule has 6 nitrogen and oxygen atoms in total. The highest BCUT2D eigenvalue weighted by molar-refractivity contribution is 7.98. The zero-order chi connectivity index (χ0) is 19.8. The van der Waals surface area contributed by atoms with Crippen molar-refractivity contribution in [2.24, 2.45) is 0 Å². The number of nitrogens with zero attached hydrogens (tertiary/aromatic N) is 4. The average molecular weight is 407 g/mol. The van der Waals surface area contributed by atoms with Crippen LogP contribution in [-0.4, -0.2) is 25.5 Å². The van der Waals surface area contributed by atoms with Gasteiger partial charge in [-0.3, -0.25) is 9.78 Å². The fraction of sp³-hybridized carbons (Fsp3) is 0.238. The number of Topliss-reactive ketones (excluding diaryl/α,β-unsaturated/α-hetero) is 1. The van der Waals surface area contributed by atoms with E-state index in [1.807, 2.05) is 18.2 Å². The highest BCUT2D eigenvalue weighted by Gasteiger charge is 2.36. The van der Waals surface area contributed by atoms with Gasteiger partial charge in [0.05, 0.1) is 5.69 Å². The number of ketones is 1. The Morgan fingerprint density at radius 1 is 1.17 bits per heavy atom. The molecule has 0 amide bonds. The lowest BCUT2D eigenvalue weighted by Crippen LogP contribution is -2.31. The Labute approximate surface area is 171 Å². The smallest absolute Gasteiger partial charge is 0.227 e. The van der Waals surface area contributed by atoms with Gasteiger partial charge in [-0.15, -0.1) is 5.10 Å². The number of carbonyl (C=O) groups excluding carboxylic acids is 1. The molecule has 5 rings (SSSR count). The van der Waals surface area contributed by atoms with Crippen LogP contribution >= 0.6 is 11.8 Å². The normalized spacial score (nSPS) is 18.2. The first-order valence-electron chi connectivity index (χ1n) is 9.47. The van der Waals surface area contributed by atoms with E-state index in [0.717, 1.165) is 29.8 Å². The minimum atomic E-state index is -0.397. The minimum absolute atomic E-state index is 0.108. The molecule has 0 bridgehead atoms. The van der Waals surface area contributed by atoms with E-state index in [0.29, 0.717) is 28.9 Å². The van der Waals surface area contributed by atoms with E-state index >= 15 is 0 Å². The van der Waals surface area contributed by atoms with Crippen LogP contribution in [0, 0.1) is 5.82 Å². The molecule has 1 aromatic carbocycles. The number of allylic oxidation sites excluding steroid dienone is 2. The van der Waals surface area contributed by atoms with E-state index in [1.165, 1.54) is 23.9 Å². The van der Waals surface area contributed by atoms with Crippen molar-refractivity contribution < 1.29 is 9.18 Å². The summed E-state index contributed by atoms with van der Waals surface area (Å²) in [6.45, 7) is 0. The van der Waals surface area contributed by atoms with Crippen LogP contribution in [0.15, 0.2) is 65.1 Å². The van der Waals surface area contributed by atoms with Crippen LogP contribution in [0.4, 0.5) is 10.3 Å². The molecule has 0 unspecified atom stereocenters. The maximum Gasteiger partial charge on any atom is 0.227 e. The third-order valence-corrected chi connectivity index (χ3v) is 5.98. The molecule has 1 aliphatic carbocycles. The SMILES string of the molecule is O=C1CCCC2=C1[C@H](c1ccc(F)cc1)n1nc(SCc3ccccn3)nc1N2. The summed E-state index contributed by atoms with van der Waals surface area (Å²) in [6, 6.07) is 11.6. The topological polar surface area (TPSA) is 72.7 Å². The van der Waals surface area contributed by atoms with Crippen molar-refractivity contribution in [3.63, 3.8) is 0 Å². The third-order valence-electron chi connectivity index (χ3n) is 5.11. The Morgan fingerprint density at radius 3 is 2.83 bits per heavy atom. The lowest BCUT2D eigenvalue weighted by Gasteiger charge is -2.32. The quantitative estimate of drug-likeness (QED) is 0.656. The number of benzene rings is 1. The number of fused-ring (bicyclic) bond motifs is 1. The van der Waals surface area contributed by atoms with E-state index in [1.54, 1.807) is 23.0 Å². The maximum atomic E-state index is 13.5. The van der Waals surface area contributed by atoms with Crippen LogP contribution in [0.1, 0.15) is 36.6 Å². The molecule has 0 saturated heterocycles. The molecule has 1 N–H and O–H groups in total. The van der Waals surface area contributed by atoms with E-state index in [9.17, 15) is 9.18 Å². The van der Waals surface area contributed by atoms with Gasteiger partial charge in [0.25, 0.3) is 0 Å². The molecule has 0 radical (unpaired) electrons. The molecule has 29 heavy (non-hydrogen) atoms. The number of rotatable bonds is 4. The molecule has 0 fully saturated rings. The second-order valence-electron chi connectivity index (χ2n) is 7.02. The second kappa shape index (κ2) is 7.44. The molecule has 8 heteroatoms. The van der Waals surface area contributed by atoms with E-state index in [4.69, 9.17) is 0 Å². The number of halogens is 1. The van der Waals surface area contributed by atoms with Crippen molar-refractivity contribution in [1.82, 2.24) is 19.7 Å². The number of aromatic nitrogens is 4. The van der Waals surface area contributed by atoms with Crippen LogP contribution in [-0.2, 0) is 10.5 Å². The number of thioether (sulfide) groups is 1. The molecule has 0 spiro atoms. The minimum Gasteiger partial charge on any atom is -0.328 e. The fourth-order valence-electron chi connectivity index (χ4n) is 3.77. The van der Waals surface area contributed by atoms with Crippen molar-refractivity contribution in [2.75, 3.05) is 5.32 Å². The lowest BCUT2D eigenvalue weighted by atomic mass is 9.85. The van der Waals surface area contributed by atoms with Gasteiger partial charge in [-0.2, -0.15) is 4.98 Å². The van der Waals surface area contributed by atoms with Crippen molar-refractivity contribution >= 4 is 23.5 Å². The molecular weight excluding hydrogens is 389 g/mol. The number of nitrogens with one attached hydrogen (secondary N) is 1. The molecule has 3 aromatic rings. The summed E-state index contributed by atoms with van der Waals surface area (Å²) < 4.78 is 15.2. The first kappa shape index (κ1) is 18.1. The van der Waals surface area contributed by atoms with Crippen LogP contribution < -0.4 is 5.32 Å². The molecule has 1 aliphatic heterocycles. The molecule has 3 heterocycles. The van der Waals surface area contributed by atoms with E-state index in [-0.39, 0.29) is 11.6 Å². The second-order valence-corrected chi connectivity index (χ2v) is 7.96. The first-order chi connectivity index (χ1) is 14.2. The summed E-state index contributed by atoms with van der Waals surface area (Å²) in [6.07, 6.45) is 3.89. The van der Waals surface area contributed by atoms with Crippen LogP contribution in [0.5, 0.6) is 0 Å². The molecule has 1 atom stereocenters. The molecule has 2 aromatic heterocycles. The van der Waals surface area contributed by atoms with Crippen molar-refractivity contribution in [3.05, 3.63) is 77.0 Å². The summed E-state index contributed by atoms with van der Waals surface area (Å²) in [5, 5.41) is 8.58. The highest BCUT2D eigenvalue weighted by atomic mass is 32.2. The third kappa shape index (κ3) is 3.44. The Bertz CT molecular complexity index is 1090. The van der Waals surface area contributed by atoms with Gasteiger partial charge in [0.15, 0.2) is 5.78 Å². The Kier molecular flexibility index (Phi) is 4.63. The van der Waals surface area contributed by atoms with Crippen LogP contribution in [0.3, 0.4) is 0 Å².